The number of methoxy groups -OCH3 is 1. The first-order valence-electron chi connectivity index (χ1n) is 10.2. The minimum Gasteiger partial charge on any atom is -0.495 e. The highest BCUT2D eigenvalue weighted by molar-refractivity contribution is 6.10. The van der Waals surface area contributed by atoms with E-state index in [9.17, 15) is 14.4 Å². The molecule has 1 fully saturated rings. The zero-order valence-corrected chi connectivity index (χ0v) is 18.8. The van der Waals surface area contributed by atoms with Crippen molar-refractivity contribution in [3.63, 3.8) is 0 Å². The van der Waals surface area contributed by atoms with Gasteiger partial charge in [-0.3, -0.25) is 14.5 Å². The molecule has 1 aliphatic heterocycles. The van der Waals surface area contributed by atoms with Gasteiger partial charge >= 0.3 is 6.03 Å². The summed E-state index contributed by atoms with van der Waals surface area (Å²) in [5.74, 6) is -0.452. The van der Waals surface area contributed by atoms with Crippen LogP contribution in [0.15, 0.2) is 42.5 Å². The van der Waals surface area contributed by atoms with Crippen LogP contribution in [0.2, 0.25) is 0 Å². The molecule has 1 aliphatic rings. The Morgan fingerprint density at radius 1 is 1.13 bits per heavy atom. The SMILES string of the molecule is COc1ccc(C)cc1NC(=O)CN1C(=O)NC(C)(c2ccc(C(C)(C)C)cc2)C1=O. The number of carbonyl (C=O) groups is 3. The number of nitrogens with zero attached hydrogens (tertiary/aromatic N) is 1. The van der Waals surface area contributed by atoms with Crippen LogP contribution in [-0.2, 0) is 20.5 Å². The van der Waals surface area contributed by atoms with E-state index in [0.717, 1.165) is 16.0 Å². The first kappa shape index (κ1) is 22.3. The Morgan fingerprint density at radius 3 is 2.35 bits per heavy atom. The maximum Gasteiger partial charge on any atom is 0.325 e. The van der Waals surface area contributed by atoms with E-state index in [1.807, 2.05) is 37.3 Å². The molecular formula is C24H29N3O4. The van der Waals surface area contributed by atoms with E-state index in [1.165, 1.54) is 7.11 Å². The van der Waals surface area contributed by atoms with E-state index < -0.39 is 29.9 Å². The van der Waals surface area contributed by atoms with Crippen LogP contribution in [0.5, 0.6) is 5.75 Å². The predicted molar refractivity (Wildman–Crippen MR) is 119 cm³/mol. The molecular weight excluding hydrogens is 394 g/mol. The molecule has 164 valence electrons. The van der Waals surface area contributed by atoms with Gasteiger partial charge in [0, 0.05) is 0 Å². The molecule has 2 aromatic rings. The maximum atomic E-state index is 13.1. The molecule has 4 amide bonds. The number of carbonyl (C=O) groups excluding carboxylic acids is 3. The first-order chi connectivity index (χ1) is 14.5. The van der Waals surface area contributed by atoms with Gasteiger partial charge in [0.05, 0.1) is 12.8 Å². The third-order valence-corrected chi connectivity index (χ3v) is 5.53. The van der Waals surface area contributed by atoms with Gasteiger partial charge in [0.2, 0.25) is 5.91 Å². The smallest absolute Gasteiger partial charge is 0.325 e. The second-order valence-electron chi connectivity index (χ2n) is 9.03. The van der Waals surface area contributed by atoms with E-state index >= 15 is 0 Å². The molecule has 2 N–H and O–H groups in total. The van der Waals surface area contributed by atoms with Crippen molar-refractivity contribution in [2.24, 2.45) is 0 Å². The summed E-state index contributed by atoms with van der Waals surface area (Å²) >= 11 is 0. The van der Waals surface area contributed by atoms with Crippen molar-refractivity contribution in [2.75, 3.05) is 19.0 Å². The fourth-order valence-electron chi connectivity index (χ4n) is 3.59. The summed E-state index contributed by atoms with van der Waals surface area (Å²) in [6.07, 6.45) is 0. The molecule has 1 heterocycles. The molecule has 0 spiro atoms. The molecule has 2 aromatic carbocycles. The standard InChI is InChI=1S/C24H29N3O4/c1-15-7-12-19(31-6)18(13-15)25-20(28)14-27-21(29)24(5,26-22(27)30)17-10-8-16(9-11-17)23(2,3)4/h7-13H,14H2,1-6H3,(H,25,28)(H,26,30). The maximum absolute atomic E-state index is 13.1. The lowest BCUT2D eigenvalue weighted by Crippen LogP contribution is -2.42. The van der Waals surface area contributed by atoms with Crippen LogP contribution in [-0.4, -0.2) is 36.4 Å². The van der Waals surface area contributed by atoms with E-state index in [2.05, 4.69) is 31.4 Å². The molecule has 1 saturated heterocycles. The number of imide groups is 1. The molecule has 0 aliphatic carbocycles. The van der Waals surface area contributed by atoms with Gasteiger partial charge in [-0.2, -0.15) is 0 Å². The molecule has 1 atom stereocenters. The Balaban J connectivity index is 1.77. The number of hydrogen-bond acceptors (Lipinski definition) is 4. The molecule has 7 nitrogen and oxygen atoms in total. The fourth-order valence-corrected chi connectivity index (χ4v) is 3.59. The van der Waals surface area contributed by atoms with Crippen molar-refractivity contribution < 1.29 is 19.1 Å². The van der Waals surface area contributed by atoms with E-state index in [0.29, 0.717) is 17.0 Å². The van der Waals surface area contributed by atoms with Crippen molar-refractivity contribution in [3.05, 3.63) is 59.2 Å². The van der Waals surface area contributed by atoms with Crippen LogP contribution in [0.3, 0.4) is 0 Å². The van der Waals surface area contributed by atoms with Gasteiger partial charge in [-0.1, -0.05) is 51.1 Å². The Morgan fingerprint density at radius 2 is 1.77 bits per heavy atom. The van der Waals surface area contributed by atoms with Crippen LogP contribution < -0.4 is 15.4 Å². The highest BCUT2D eigenvalue weighted by Gasteiger charge is 2.49. The molecule has 31 heavy (non-hydrogen) atoms. The molecule has 0 aromatic heterocycles. The summed E-state index contributed by atoms with van der Waals surface area (Å²) in [7, 11) is 1.51. The van der Waals surface area contributed by atoms with Crippen molar-refractivity contribution in [1.82, 2.24) is 10.2 Å². The summed E-state index contributed by atoms with van der Waals surface area (Å²) in [4.78, 5) is 39.2. The average molecular weight is 424 g/mol. The van der Waals surface area contributed by atoms with Crippen molar-refractivity contribution >= 4 is 23.5 Å². The molecule has 0 radical (unpaired) electrons. The zero-order chi connectivity index (χ0) is 23.0. The van der Waals surface area contributed by atoms with E-state index in [4.69, 9.17) is 4.74 Å². The number of ether oxygens (including phenoxy) is 1. The fraction of sp³-hybridized carbons (Fsp3) is 0.375. The van der Waals surface area contributed by atoms with Gasteiger partial charge < -0.3 is 15.4 Å². The molecule has 0 saturated carbocycles. The van der Waals surface area contributed by atoms with Gasteiger partial charge in [0.15, 0.2) is 0 Å². The van der Waals surface area contributed by atoms with Crippen molar-refractivity contribution in [2.45, 2.75) is 45.6 Å². The minimum absolute atomic E-state index is 0.0245. The number of anilines is 1. The largest absolute Gasteiger partial charge is 0.495 e. The number of hydrogen-bond donors (Lipinski definition) is 2. The minimum atomic E-state index is -1.23. The first-order valence-corrected chi connectivity index (χ1v) is 10.2. The average Bonchev–Trinajstić information content (AvgIpc) is 2.91. The van der Waals surface area contributed by atoms with Crippen LogP contribution in [0.25, 0.3) is 0 Å². The summed E-state index contributed by atoms with van der Waals surface area (Å²) in [5.41, 5.74) is 1.97. The van der Waals surface area contributed by atoms with Crippen LogP contribution in [0, 0.1) is 6.92 Å². The number of nitrogens with one attached hydrogen (secondary N) is 2. The lowest BCUT2D eigenvalue weighted by Gasteiger charge is -2.24. The quantitative estimate of drug-likeness (QED) is 0.718. The lowest BCUT2D eigenvalue weighted by atomic mass is 9.84. The summed E-state index contributed by atoms with van der Waals surface area (Å²) in [6, 6.07) is 12.4. The highest BCUT2D eigenvalue weighted by Crippen LogP contribution is 2.31. The normalized spacial score (nSPS) is 18.7. The van der Waals surface area contributed by atoms with Gasteiger partial charge in [-0.05, 0) is 48.1 Å². The Labute approximate surface area is 182 Å². The van der Waals surface area contributed by atoms with Crippen molar-refractivity contribution in [1.29, 1.82) is 0 Å². The molecule has 0 bridgehead atoms. The summed E-state index contributed by atoms with van der Waals surface area (Å²) in [5, 5.41) is 5.46. The third kappa shape index (κ3) is 4.40. The highest BCUT2D eigenvalue weighted by atomic mass is 16.5. The number of aryl methyl sites for hydroxylation is 1. The second-order valence-corrected chi connectivity index (χ2v) is 9.03. The Kier molecular flexibility index (Phi) is 5.81. The van der Waals surface area contributed by atoms with Gasteiger partial charge in [0.1, 0.15) is 17.8 Å². The number of amides is 4. The predicted octanol–water partition coefficient (Wildman–Crippen LogP) is 3.71. The summed E-state index contributed by atoms with van der Waals surface area (Å²) < 4.78 is 5.26. The number of urea groups is 1. The van der Waals surface area contributed by atoms with Gasteiger partial charge in [0.25, 0.3) is 5.91 Å². The van der Waals surface area contributed by atoms with E-state index in [-0.39, 0.29) is 5.41 Å². The lowest BCUT2D eigenvalue weighted by molar-refractivity contribution is -0.133. The third-order valence-electron chi connectivity index (χ3n) is 5.53. The number of benzene rings is 2. The van der Waals surface area contributed by atoms with Crippen LogP contribution >= 0.6 is 0 Å². The Bertz CT molecular complexity index is 1020. The second kappa shape index (κ2) is 8.06. The van der Waals surface area contributed by atoms with Crippen LogP contribution in [0.1, 0.15) is 44.4 Å². The van der Waals surface area contributed by atoms with Gasteiger partial charge in [-0.25, -0.2) is 4.79 Å². The Hall–Kier alpha value is -3.35. The molecule has 3 rings (SSSR count). The number of rotatable bonds is 5. The monoisotopic (exact) mass is 423 g/mol. The molecule has 7 heteroatoms. The zero-order valence-electron chi connectivity index (χ0n) is 18.8. The summed E-state index contributed by atoms with van der Waals surface area (Å²) in [6.45, 7) is 9.47. The topological polar surface area (TPSA) is 87.7 Å². The van der Waals surface area contributed by atoms with Crippen molar-refractivity contribution in [3.8, 4) is 5.75 Å². The molecule has 1 unspecified atom stereocenters. The van der Waals surface area contributed by atoms with Gasteiger partial charge in [-0.15, -0.1) is 0 Å². The van der Waals surface area contributed by atoms with Crippen LogP contribution in [0.4, 0.5) is 10.5 Å². The van der Waals surface area contributed by atoms with E-state index in [1.54, 1.807) is 19.1 Å².